The Morgan fingerprint density at radius 3 is 2.57 bits per heavy atom. The van der Waals surface area contributed by atoms with Crippen LogP contribution in [0, 0.1) is 0 Å². The quantitative estimate of drug-likeness (QED) is 0.551. The van der Waals surface area contributed by atoms with Crippen molar-refractivity contribution in [2.45, 2.75) is 20.3 Å². The number of rotatable bonds is 6. The third-order valence-corrected chi connectivity index (χ3v) is 4.85. The van der Waals surface area contributed by atoms with Crippen LogP contribution < -0.4 is 5.32 Å². The van der Waals surface area contributed by atoms with Gasteiger partial charge in [0.25, 0.3) is 0 Å². The van der Waals surface area contributed by atoms with Gasteiger partial charge in [0, 0.05) is 49.7 Å². The number of aliphatic imine (C=N–C) groups is 1. The lowest BCUT2D eigenvalue weighted by atomic mass is 10.2. The maximum atomic E-state index is 11.9. The first-order chi connectivity index (χ1) is 14.6. The van der Waals surface area contributed by atoms with Crippen molar-refractivity contribution in [1.29, 1.82) is 0 Å². The molecule has 2 heterocycles. The van der Waals surface area contributed by atoms with Gasteiger partial charge in [-0.3, -0.25) is 4.99 Å². The lowest BCUT2D eigenvalue weighted by Gasteiger charge is -2.35. The third-order valence-electron chi connectivity index (χ3n) is 4.60. The van der Waals surface area contributed by atoms with E-state index in [4.69, 9.17) is 20.9 Å². The molecule has 1 amide bonds. The molecule has 0 spiro atoms. The van der Waals surface area contributed by atoms with Gasteiger partial charge in [0.15, 0.2) is 5.96 Å². The van der Waals surface area contributed by atoms with Gasteiger partial charge in [0.05, 0.1) is 13.2 Å². The van der Waals surface area contributed by atoms with E-state index in [2.05, 4.69) is 25.3 Å². The minimum absolute atomic E-state index is 0.257. The van der Waals surface area contributed by atoms with Crippen molar-refractivity contribution >= 4 is 23.7 Å². The molecule has 1 fully saturated rings. The zero-order valence-corrected chi connectivity index (χ0v) is 18.1. The second-order valence-corrected chi connectivity index (χ2v) is 7.11. The Morgan fingerprint density at radius 1 is 1.20 bits per heavy atom. The van der Waals surface area contributed by atoms with Gasteiger partial charge in [-0.2, -0.15) is 4.98 Å². The van der Waals surface area contributed by atoms with E-state index in [1.807, 2.05) is 26.0 Å². The first-order valence-electron chi connectivity index (χ1n) is 10.1. The highest BCUT2D eigenvalue weighted by atomic mass is 35.5. The number of carbonyl (C=O) groups is 1. The smallest absolute Gasteiger partial charge is 0.409 e. The largest absolute Gasteiger partial charge is 0.450 e. The molecule has 0 aliphatic carbocycles. The molecule has 162 valence electrons. The summed E-state index contributed by atoms with van der Waals surface area (Å²) < 4.78 is 10.4. The molecule has 0 radical (unpaired) electrons. The van der Waals surface area contributed by atoms with Crippen molar-refractivity contribution in [2.24, 2.45) is 4.99 Å². The summed E-state index contributed by atoms with van der Waals surface area (Å²) in [4.78, 5) is 24.8. The van der Waals surface area contributed by atoms with E-state index in [1.54, 1.807) is 17.0 Å². The average Bonchev–Trinajstić information content (AvgIpc) is 3.23. The van der Waals surface area contributed by atoms with Crippen molar-refractivity contribution in [3.63, 3.8) is 0 Å². The van der Waals surface area contributed by atoms with Crippen LogP contribution in [0.3, 0.4) is 0 Å². The van der Waals surface area contributed by atoms with Gasteiger partial charge >= 0.3 is 6.09 Å². The Bertz CT molecular complexity index is 846. The van der Waals surface area contributed by atoms with E-state index in [1.165, 1.54) is 0 Å². The number of hydrogen-bond donors (Lipinski definition) is 1. The fourth-order valence-electron chi connectivity index (χ4n) is 3.07. The van der Waals surface area contributed by atoms with Crippen LogP contribution in [-0.4, -0.2) is 77.9 Å². The van der Waals surface area contributed by atoms with E-state index in [-0.39, 0.29) is 6.09 Å². The highest BCUT2D eigenvalue weighted by molar-refractivity contribution is 6.30. The molecule has 0 atom stereocenters. The molecule has 3 rings (SSSR count). The Kier molecular flexibility index (Phi) is 7.89. The number of nitrogens with zero attached hydrogens (tertiary/aromatic N) is 5. The zero-order valence-electron chi connectivity index (χ0n) is 17.3. The van der Waals surface area contributed by atoms with Crippen LogP contribution in [0.5, 0.6) is 0 Å². The maximum absolute atomic E-state index is 11.9. The number of nitrogens with one attached hydrogen (secondary N) is 1. The summed E-state index contributed by atoms with van der Waals surface area (Å²) >= 11 is 5.92. The monoisotopic (exact) mass is 434 g/mol. The van der Waals surface area contributed by atoms with Crippen molar-refractivity contribution < 1.29 is 14.1 Å². The normalized spacial score (nSPS) is 14.7. The number of amides is 1. The van der Waals surface area contributed by atoms with Gasteiger partial charge in [-0.1, -0.05) is 16.8 Å². The van der Waals surface area contributed by atoms with Crippen LogP contribution in [0.4, 0.5) is 4.79 Å². The molecule has 1 N–H and O–H groups in total. The number of carbonyl (C=O) groups excluding carboxylic acids is 1. The highest BCUT2D eigenvalue weighted by Gasteiger charge is 2.23. The summed E-state index contributed by atoms with van der Waals surface area (Å²) in [6.07, 6.45) is 0.283. The van der Waals surface area contributed by atoms with Crippen molar-refractivity contribution in [3.8, 4) is 11.4 Å². The van der Waals surface area contributed by atoms with Gasteiger partial charge in [0.2, 0.25) is 11.7 Å². The van der Waals surface area contributed by atoms with Crippen LogP contribution in [-0.2, 0) is 11.2 Å². The Hall–Kier alpha value is -2.81. The first-order valence-corrected chi connectivity index (χ1v) is 10.5. The highest BCUT2D eigenvalue weighted by Crippen LogP contribution is 2.18. The summed E-state index contributed by atoms with van der Waals surface area (Å²) in [6.45, 7) is 8.12. The van der Waals surface area contributed by atoms with E-state index in [0.29, 0.717) is 62.5 Å². The number of piperazine rings is 1. The molecule has 1 saturated heterocycles. The first kappa shape index (κ1) is 21.9. The number of benzene rings is 1. The van der Waals surface area contributed by atoms with Crippen LogP contribution in [0.1, 0.15) is 19.7 Å². The second kappa shape index (κ2) is 10.8. The lowest BCUT2D eigenvalue weighted by molar-refractivity contribution is 0.0914. The van der Waals surface area contributed by atoms with Crippen LogP contribution >= 0.6 is 11.6 Å². The number of aromatic nitrogens is 2. The van der Waals surface area contributed by atoms with E-state index >= 15 is 0 Å². The summed E-state index contributed by atoms with van der Waals surface area (Å²) in [7, 11) is 0. The van der Waals surface area contributed by atoms with E-state index in [0.717, 1.165) is 18.1 Å². The van der Waals surface area contributed by atoms with E-state index < -0.39 is 0 Å². The number of hydrogen-bond acceptors (Lipinski definition) is 6. The fourth-order valence-corrected chi connectivity index (χ4v) is 3.20. The maximum Gasteiger partial charge on any atom is 0.409 e. The number of guanidine groups is 1. The molecule has 9 nitrogen and oxygen atoms in total. The van der Waals surface area contributed by atoms with Gasteiger partial charge in [0.1, 0.15) is 0 Å². The Labute approximate surface area is 181 Å². The fraction of sp³-hybridized carbons (Fsp3) is 0.500. The predicted molar refractivity (Wildman–Crippen MR) is 115 cm³/mol. The van der Waals surface area contributed by atoms with E-state index in [9.17, 15) is 4.79 Å². The number of halogens is 1. The van der Waals surface area contributed by atoms with Crippen molar-refractivity contribution in [3.05, 3.63) is 35.2 Å². The molecule has 1 aliphatic rings. The SMILES string of the molecule is CCNC(=NCCc1nc(-c2ccc(Cl)cc2)no1)N1CCN(C(=O)OCC)CC1. The molecule has 1 aliphatic heterocycles. The van der Waals surface area contributed by atoms with Crippen molar-refractivity contribution in [1.82, 2.24) is 25.3 Å². The van der Waals surface area contributed by atoms with Crippen LogP contribution in [0.2, 0.25) is 5.02 Å². The summed E-state index contributed by atoms with van der Waals surface area (Å²) in [5.74, 6) is 1.89. The predicted octanol–water partition coefficient (Wildman–Crippen LogP) is 2.67. The number of ether oxygens (including phenoxy) is 1. The average molecular weight is 435 g/mol. The molecule has 1 aromatic heterocycles. The topological polar surface area (TPSA) is 96.1 Å². The third kappa shape index (κ3) is 5.85. The van der Waals surface area contributed by atoms with Crippen LogP contribution in [0.15, 0.2) is 33.8 Å². The second-order valence-electron chi connectivity index (χ2n) is 6.68. The van der Waals surface area contributed by atoms with Gasteiger partial charge < -0.3 is 24.4 Å². The Balaban J connectivity index is 1.54. The summed E-state index contributed by atoms with van der Waals surface area (Å²) in [6, 6.07) is 7.30. The molecule has 0 saturated carbocycles. The molecule has 0 bridgehead atoms. The lowest BCUT2D eigenvalue weighted by Crippen LogP contribution is -2.54. The van der Waals surface area contributed by atoms with Crippen molar-refractivity contribution in [2.75, 3.05) is 45.9 Å². The van der Waals surface area contributed by atoms with Gasteiger partial charge in [-0.25, -0.2) is 4.79 Å². The van der Waals surface area contributed by atoms with Gasteiger partial charge in [-0.15, -0.1) is 0 Å². The molecule has 1 aromatic carbocycles. The zero-order chi connectivity index (χ0) is 21.3. The summed E-state index contributed by atoms with van der Waals surface area (Å²) in [5, 5.41) is 8.00. The molecule has 0 unspecified atom stereocenters. The molecular weight excluding hydrogens is 408 g/mol. The molecular formula is C20H27ClN6O3. The van der Waals surface area contributed by atoms with Crippen LogP contribution in [0.25, 0.3) is 11.4 Å². The minimum atomic E-state index is -0.257. The molecule has 30 heavy (non-hydrogen) atoms. The standard InChI is InChI=1S/C20H27ClN6O3/c1-3-22-19(26-11-13-27(14-12-26)20(28)29-4-2)23-10-9-17-24-18(25-30-17)15-5-7-16(21)8-6-15/h5-8H,3-4,9-14H2,1-2H3,(H,22,23). The molecule has 10 heteroatoms. The van der Waals surface area contributed by atoms with Gasteiger partial charge in [-0.05, 0) is 38.1 Å². The summed E-state index contributed by atoms with van der Waals surface area (Å²) in [5.41, 5.74) is 0.853. The minimum Gasteiger partial charge on any atom is -0.450 e. The Morgan fingerprint density at radius 2 is 1.90 bits per heavy atom. The molecule has 2 aromatic rings.